The SMILES string of the molecule is O=C1OC2C(OCCC[Si])C3CC1C2O3. The molecule has 0 amide bonds. The molecule has 0 aromatic heterocycles. The maximum Gasteiger partial charge on any atom is 0.312 e. The van der Waals surface area contributed by atoms with Crippen LogP contribution in [0.1, 0.15) is 12.8 Å². The van der Waals surface area contributed by atoms with Gasteiger partial charge in [0.1, 0.15) is 12.2 Å². The van der Waals surface area contributed by atoms with Crippen LogP contribution in [-0.4, -0.2) is 47.2 Å². The Morgan fingerprint density at radius 3 is 3.13 bits per heavy atom. The van der Waals surface area contributed by atoms with Gasteiger partial charge < -0.3 is 14.2 Å². The second-order valence-electron chi connectivity index (χ2n) is 4.32. The topological polar surface area (TPSA) is 44.8 Å². The van der Waals surface area contributed by atoms with Crippen molar-refractivity contribution in [2.75, 3.05) is 6.61 Å². The molecule has 0 aromatic carbocycles. The van der Waals surface area contributed by atoms with E-state index in [-0.39, 0.29) is 36.3 Å². The molecule has 3 saturated heterocycles. The predicted molar refractivity (Wildman–Crippen MR) is 51.6 cm³/mol. The van der Waals surface area contributed by atoms with Crippen LogP contribution in [0.15, 0.2) is 0 Å². The average Bonchev–Trinajstić information content (AvgIpc) is 2.81. The zero-order chi connectivity index (χ0) is 10.4. The zero-order valence-electron chi connectivity index (χ0n) is 8.35. The number of hydrogen-bond acceptors (Lipinski definition) is 4. The van der Waals surface area contributed by atoms with Crippen molar-refractivity contribution < 1.29 is 19.0 Å². The maximum absolute atomic E-state index is 11.4. The Morgan fingerprint density at radius 1 is 1.47 bits per heavy atom. The van der Waals surface area contributed by atoms with Crippen LogP contribution in [0.3, 0.4) is 0 Å². The lowest BCUT2D eigenvalue weighted by Gasteiger charge is -2.22. The van der Waals surface area contributed by atoms with Crippen molar-refractivity contribution in [3.63, 3.8) is 0 Å². The average molecular weight is 225 g/mol. The van der Waals surface area contributed by atoms with Gasteiger partial charge in [0.2, 0.25) is 0 Å². The Balaban J connectivity index is 1.65. The minimum atomic E-state index is -0.143. The highest BCUT2D eigenvalue weighted by molar-refractivity contribution is 6.08. The Kier molecular flexibility index (Phi) is 2.33. The first-order valence-electron chi connectivity index (χ1n) is 5.43. The summed E-state index contributed by atoms with van der Waals surface area (Å²) in [6, 6.07) is 0.925. The fourth-order valence-corrected chi connectivity index (χ4v) is 2.88. The standard InChI is InChI=1S/C10H13O4Si/c11-10-5-4-6-8(12-2-1-3-15)9(14-10)7(5)13-6/h5-9H,1-4H2. The molecule has 3 fully saturated rings. The molecular formula is C10H13O4Si. The molecule has 0 spiro atoms. The molecule has 3 radical (unpaired) electrons. The van der Waals surface area contributed by atoms with Gasteiger partial charge in [0, 0.05) is 16.8 Å². The van der Waals surface area contributed by atoms with E-state index in [1.54, 1.807) is 0 Å². The number of rotatable bonds is 4. The predicted octanol–water partition coefficient (Wildman–Crippen LogP) is 0.0612. The van der Waals surface area contributed by atoms with Crippen molar-refractivity contribution in [2.45, 2.75) is 43.3 Å². The number of carbonyl (C=O) groups is 1. The van der Waals surface area contributed by atoms with E-state index in [1.807, 2.05) is 0 Å². The van der Waals surface area contributed by atoms with Gasteiger partial charge >= 0.3 is 5.97 Å². The van der Waals surface area contributed by atoms with Crippen LogP contribution in [-0.2, 0) is 19.0 Å². The van der Waals surface area contributed by atoms with Gasteiger partial charge in [0.05, 0.1) is 12.0 Å². The third-order valence-corrected chi connectivity index (χ3v) is 3.77. The van der Waals surface area contributed by atoms with Crippen molar-refractivity contribution in [2.24, 2.45) is 5.92 Å². The zero-order valence-corrected chi connectivity index (χ0v) is 9.35. The van der Waals surface area contributed by atoms with Gasteiger partial charge in [-0.15, -0.1) is 0 Å². The highest BCUT2D eigenvalue weighted by atomic mass is 28.1. The van der Waals surface area contributed by atoms with E-state index >= 15 is 0 Å². The molecule has 0 N–H and O–H groups in total. The minimum Gasteiger partial charge on any atom is -0.456 e. The van der Waals surface area contributed by atoms with Crippen molar-refractivity contribution in [3.8, 4) is 0 Å². The van der Waals surface area contributed by atoms with E-state index in [1.165, 1.54) is 0 Å². The number of fused-ring (bicyclic) bond motifs is 1. The molecular weight excluding hydrogens is 212 g/mol. The molecule has 5 heteroatoms. The second-order valence-corrected chi connectivity index (χ2v) is 4.82. The highest BCUT2D eigenvalue weighted by Crippen LogP contribution is 2.47. The third kappa shape index (κ3) is 1.37. The molecule has 0 saturated carbocycles. The quantitative estimate of drug-likeness (QED) is 0.385. The van der Waals surface area contributed by atoms with E-state index in [9.17, 15) is 4.79 Å². The highest BCUT2D eigenvalue weighted by Gasteiger charge is 2.63. The molecule has 2 bridgehead atoms. The summed E-state index contributed by atoms with van der Waals surface area (Å²) >= 11 is 0. The van der Waals surface area contributed by atoms with Gasteiger partial charge in [0.25, 0.3) is 0 Å². The van der Waals surface area contributed by atoms with Crippen molar-refractivity contribution in [1.82, 2.24) is 0 Å². The maximum atomic E-state index is 11.4. The summed E-state index contributed by atoms with van der Waals surface area (Å²) in [4.78, 5) is 11.4. The lowest BCUT2D eigenvalue weighted by molar-refractivity contribution is -0.146. The van der Waals surface area contributed by atoms with Gasteiger partial charge in [-0.1, -0.05) is 6.04 Å². The van der Waals surface area contributed by atoms with E-state index < -0.39 is 0 Å². The van der Waals surface area contributed by atoms with E-state index in [4.69, 9.17) is 14.2 Å². The van der Waals surface area contributed by atoms with Gasteiger partial charge in [-0.25, -0.2) is 0 Å². The molecule has 0 aromatic rings. The van der Waals surface area contributed by atoms with Gasteiger partial charge in [-0.3, -0.25) is 4.79 Å². The number of esters is 1. The summed E-state index contributed by atoms with van der Waals surface area (Å²) in [5.41, 5.74) is 0. The first-order valence-corrected chi connectivity index (χ1v) is 6.14. The van der Waals surface area contributed by atoms with Gasteiger partial charge in [-0.05, 0) is 12.8 Å². The first-order chi connectivity index (χ1) is 7.31. The van der Waals surface area contributed by atoms with Crippen LogP contribution in [0.4, 0.5) is 0 Å². The van der Waals surface area contributed by atoms with Crippen LogP contribution < -0.4 is 0 Å². The van der Waals surface area contributed by atoms with Gasteiger partial charge in [-0.2, -0.15) is 0 Å². The number of carbonyl (C=O) groups excluding carboxylic acids is 1. The second kappa shape index (κ2) is 3.57. The molecule has 5 unspecified atom stereocenters. The smallest absolute Gasteiger partial charge is 0.312 e. The molecule has 4 nitrogen and oxygen atoms in total. The van der Waals surface area contributed by atoms with Crippen molar-refractivity contribution in [3.05, 3.63) is 0 Å². The summed E-state index contributed by atoms with van der Waals surface area (Å²) in [6.07, 6.45) is 1.61. The number of ether oxygens (including phenoxy) is 3. The summed E-state index contributed by atoms with van der Waals surface area (Å²) in [5, 5.41) is 0. The lowest BCUT2D eigenvalue weighted by atomic mass is 9.88. The summed E-state index contributed by atoms with van der Waals surface area (Å²) in [5.74, 6) is -0.116. The van der Waals surface area contributed by atoms with E-state index in [0.29, 0.717) is 6.61 Å². The minimum absolute atomic E-state index is 0.0179. The molecule has 15 heavy (non-hydrogen) atoms. The molecule has 3 rings (SSSR count). The lowest BCUT2D eigenvalue weighted by Crippen LogP contribution is -2.38. The van der Waals surface area contributed by atoms with Crippen LogP contribution in [0.2, 0.25) is 6.04 Å². The summed E-state index contributed by atoms with van der Waals surface area (Å²) in [7, 11) is 3.40. The Labute approximate surface area is 91.7 Å². The van der Waals surface area contributed by atoms with E-state index in [0.717, 1.165) is 18.9 Å². The molecule has 3 aliphatic heterocycles. The fourth-order valence-electron chi connectivity index (χ4n) is 2.73. The third-order valence-electron chi connectivity index (χ3n) is 3.42. The van der Waals surface area contributed by atoms with Crippen LogP contribution >= 0.6 is 0 Å². The fraction of sp³-hybridized carbons (Fsp3) is 0.900. The monoisotopic (exact) mass is 225 g/mol. The molecule has 0 aliphatic carbocycles. The van der Waals surface area contributed by atoms with Crippen LogP contribution in [0.5, 0.6) is 0 Å². The van der Waals surface area contributed by atoms with Gasteiger partial charge in [0.15, 0.2) is 6.10 Å². The summed E-state index contributed by atoms with van der Waals surface area (Å²) < 4.78 is 16.7. The first kappa shape index (κ1) is 9.81. The molecule has 81 valence electrons. The van der Waals surface area contributed by atoms with Crippen LogP contribution in [0, 0.1) is 5.92 Å². The Hall–Kier alpha value is -0.393. The Morgan fingerprint density at radius 2 is 2.33 bits per heavy atom. The van der Waals surface area contributed by atoms with Crippen molar-refractivity contribution >= 4 is 16.2 Å². The molecule has 5 atom stereocenters. The molecule has 3 aliphatic rings. The normalized spacial score (nSPS) is 46.2. The van der Waals surface area contributed by atoms with Crippen LogP contribution in [0.25, 0.3) is 0 Å². The largest absolute Gasteiger partial charge is 0.456 e. The number of hydrogen-bond donors (Lipinski definition) is 0. The summed E-state index contributed by atoms with van der Waals surface area (Å²) in [6.45, 7) is 0.694. The molecule has 3 heterocycles. The Bertz CT molecular complexity index is 283. The van der Waals surface area contributed by atoms with Crippen molar-refractivity contribution in [1.29, 1.82) is 0 Å². The van der Waals surface area contributed by atoms with E-state index in [2.05, 4.69) is 10.2 Å².